The number of hydrogen-bond donors (Lipinski definition) is 0. The number of benzene rings is 1. The van der Waals surface area contributed by atoms with Crippen LogP contribution >= 0.6 is 7.82 Å². The van der Waals surface area contributed by atoms with Crippen LogP contribution in [0.2, 0.25) is 0 Å². The summed E-state index contributed by atoms with van der Waals surface area (Å²) in [5.74, 6) is -1.27. The highest BCUT2D eigenvalue weighted by molar-refractivity contribution is 7.48. The van der Waals surface area contributed by atoms with E-state index in [1.54, 1.807) is 57.2 Å². The summed E-state index contributed by atoms with van der Waals surface area (Å²) in [6.07, 6.45) is -2.47. The number of esters is 2. The standard InChI is InChI=1S/C26H27N4O9P/c1-15(2)36-25(32)19-8-6-5-7-18(19)11-34-40(33)35-12-21-23(39-40)24(37-17(4)31)26(13-27,38-21)22-10-9-20-16(3)28-14-29-30(20)22/h5-10,14-15,21,23-24H,11-12H2,1-4H3/t21-,23-,24-,26+,40?/m1/s1. The van der Waals surface area contributed by atoms with Crippen LogP contribution in [0.5, 0.6) is 0 Å². The number of carbonyl (C=O) groups is 2. The van der Waals surface area contributed by atoms with Gasteiger partial charge in [0.05, 0.1) is 41.8 Å². The highest BCUT2D eigenvalue weighted by Gasteiger charge is 2.64. The third-order valence-electron chi connectivity index (χ3n) is 6.49. The third-order valence-corrected chi connectivity index (χ3v) is 7.91. The summed E-state index contributed by atoms with van der Waals surface area (Å²) in [4.78, 5) is 28.8. The van der Waals surface area contributed by atoms with E-state index in [9.17, 15) is 19.4 Å². The fourth-order valence-electron chi connectivity index (χ4n) is 4.76. The Morgan fingerprint density at radius 3 is 2.77 bits per heavy atom. The summed E-state index contributed by atoms with van der Waals surface area (Å²) >= 11 is 0. The van der Waals surface area contributed by atoms with Crippen LogP contribution in [0.3, 0.4) is 0 Å². The maximum absolute atomic E-state index is 13.6. The Morgan fingerprint density at radius 1 is 1.27 bits per heavy atom. The minimum atomic E-state index is -4.27. The van der Waals surface area contributed by atoms with Crippen LogP contribution in [0.1, 0.15) is 48.1 Å². The Kier molecular flexibility index (Phi) is 7.48. The lowest BCUT2D eigenvalue weighted by atomic mass is 9.92. The number of aryl methyl sites for hydroxylation is 1. The summed E-state index contributed by atoms with van der Waals surface area (Å²) in [5, 5.41) is 14.7. The number of hydrogen-bond acceptors (Lipinski definition) is 12. The number of fused-ring (bicyclic) bond motifs is 2. The quantitative estimate of drug-likeness (QED) is 0.301. The van der Waals surface area contributed by atoms with Crippen molar-refractivity contribution in [3.63, 3.8) is 0 Å². The van der Waals surface area contributed by atoms with Crippen molar-refractivity contribution in [3.8, 4) is 6.07 Å². The van der Waals surface area contributed by atoms with Crippen molar-refractivity contribution < 1.29 is 41.9 Å². The molecule has 2 saturated heterocycles. The SMILES string of the molecule is CC(=O)O[C@@H]1[C@@H]2OP(=O)(OCc3ccccc3C(=O)OC(C)C)OC[C@H]2O[C@@]1(C#N)c1ccc2c(C)ncnn12. The molecule has 0 aliphatic carbocycles. The first-order valence-electron chi connectivity index (χ1n) is 12.5. The number of ether oxygens (including phenoxy) is 3. The lowest BCUT2D eigenvalue weighted by Gasteiger charge is -2.32. The largest absolute Gasteiger partial charge is 0.475 e. The Hall–Kier alpha value is -3.66. The van der Waals surface area contributed by atoms with Gasteiger partial charge in [0.2, 0.25) is 5.60 Å². The number of nitrogens with zero attached hydrogens (tertiary/aromatic N) is 4. The van der Waals surface area contributed by atoms with Crippen molar-refractivity contribution in [3.05, 3.63) is 65.2 Å². The van der Waals surface area contributed by atoms with Crippen molar-refractivity contribution in [1.29, 1.82) is 5.26 Å². The number of rotatable bonds is 7. The zero-order valence-corrected chi connectivity index (χ0v) is 23.1. The summed E-state index contributed by atoms with van der Waals surface area (Å²) in [6.45, 7) is 5.83. The molecule has 2 aliphatic heterocycles. The number of aromatic nitrogens is 3. The van der Waals surface area contributed by atoms with Crippen LogP contribution in [0.25, 0.3) is 5.52 Å². The second-order valence-corrected chi connectivity index (χ2v) is 11.2. The molecule has 40 heavy (non-hydrogen) atoms. The van der Waals surface area contributed by atoms with E-state index in [0.29, 0.717) is 16.8 Å². The number of phosphoric acid groups is 1. The Bertz CT molecular complexity index is 1550. The third kappa shape index (κ3) is 5.00. The van der Waals surface area contributed by atoms with Gasteiger partial charge in [-0.3, -0.25) is 18.4 Å². The predicted octanol–water partition coefficient (Wildman–Crippen LogP) is 3.39. The zero-order valence-electron chi connectivity index (χ0n) is 22.2. The molecule has 5 atom stereocenters. The van der Waals surface area contributed by atoms with Crippen LogP contribution < -0.4 is 0 Å². The molecule has 3 aromatic rings. The van der Waals surface area contributed by atoms with Gasteiger partial charge >= 0.3 is 19.8 Å². The van der Waals surface area contributed by atoms with E-state index in [1.165, 1.54) is 17.8 Å². The van der Waals surface area contributed by atoms with E-state index in [2.05, 4.69) is 16.2 Å². The zero-order chi connectivity index (χ0) is 28.7. The Morgan fingerprint density at radius 2 is 2.05 bits per heavy atom. The van der Waals surface area contributed by atoms with E-state index in [0.717, 1.165) is 0 Å². The molecule has 2 aromatic heterocycles. The normalized spacial score (nSPS) is 27.8. The van der Waals surface area contributed by atoms with Gasteiger partial charge in [-0.05, 0) is 44.5 Å². The molecule has 2 fully saturated rings. The van der Waals surface area contributed by atoms with Gasteiger partial charge < -0.3 is 14.2 Å². The van der Waals surface area contributed by atoms with E-state index in [4.69, 9.17) is 27.8 Å². The molecule has 0 radical (unpaired) electrons. The maximum atomic E-state index is 13.6. The number of carbonyl (C=O) groups excluding carboxylic acids is 2. The first-order valence-corrected chi connectivity index (χ1v) is 14.0. The number of phosphoric ester groups is 1. The molecule has 4 heterocycles. The molecule has 1 unspecified atom stereocenters. The summed E-state index contributed by atoms with van der Waals surface area (Å²) in [5.41, 5.74) is 0.309. The highest BCUT2D eigenvalue weighted by Crippen LogP contribution is 2.59. The smallest absolute Gasteiger partial charge is 0.459 e. The van der Waals surface area contributed by atoms with Gasteiger partial charge in [0, 0.05) is 6.92 Å². The van der Waals surface area contributed by atoms with E-state index in [-0.39, 0.29) is 30.6 Å². The minimum absolute atomic E-state index is 0.237. The molecule has 14 heteroatoms. The fraction of sp³-hybridized carbons (Fsp3) is 0.423. The van der Waals surface area contributed by atoms with Crippen molar-refractivity contribution in [1.82, 2.24) is 14.6 Å². The summed E-state index contributed by atoms with van der Waals surface area (Å²) in [7, 11) is -4.27. The molecule has 1 aromatic carbocycles. The van der Waals surface area contributed by atoms with Crippen LogP contribution in [0.4, 0.5) is 0 Å². The highest BCUT2D eigenvalue weighted by atomic mass is 31.2. The Balaban J connectivity index is 1.43. The van der Waals surface area contributed by atoms with Crippen molar-refractivity contribution in [2.45, 2.75) is 64.3 Å². The van der Waals surface area contributed by atoms with Gasteiger partial charge in [0.15, 0.2) is 6.10 Å². The van der Waals surface area contributed by atoms with Crippen LogP contribution in [0.15, 0.2) is 42.7 Å². The molecular formula is C26H27N4O9P. The monoisotopic (exact) mass is 570 g/mol. The van der Waals surface area contributed by atoms with Gasteiger partial charge in [-0.1, -0.05) is 18.2 Å². The molecule has 0 amide bonds. The minimum Gasteiger partial charge on any atom is -0.459 e. The molecule has 5 rings (SSSR count). The van der Waals surface area contributed by atoms with Gasteiger partial charge in [-0.25, -0.2) is 18.9 Å². The summed E-state index contributed by atoms with van der Waals surface area (Å²) in [6, 6.07) is 12.0. The molecule has 210 valence electrons. The molecule has 0 spiro atoms. The molecule has 0 bridgehead atoms. The van der Waals surface area contributed by atoms with Crippen LogP contribution in [-0.2, 0) is 49.3 Å². The molecule has 2 aliphatic rings. The fourth-order valence-corrected chi connectivity index (χ4v) is 6.12. The van der Waals surface area contributed by atoms with Crippen LogP contribution in [0, 0.1) is 18.3 Å². The average molecular weight is 570 g/mol. The molecule has 13 nitrogen and oxygen atoms in total. The van der Waals surface area contributed by atoms with Gasteiger partial charge in [0.25, 0.3) is 0 Å². The second kappa shape index (κ2) is 10.7. The lowest BCUT2D eigenvalue weighted by molar-refractivity contribution is -0.157. The van der Waals surface area contributed by atoms with E-state index < -0.39 is 43.7 Å². The van der Waals surface area contributed by atoms with Crippen molar-refractivity contribution >= 4 is 25.3 Å². The summed E-state index contributed by atoms with van der Waals surface area (Å²) < 4.78 is 48.9. The van der Waals surface area contributed by atoms with E-state index >= 15 is 0 Å². The van der Waals surface area contributed by atoms with Crippen LogP contribution in [-0.4, -0.2) is 57.6 Å². The average Bonchev–Trinajstić information content (AvgIpc) is 3.48. The lowest BCUT2D eigenvalue weighted by Crippen LogP contribution is -2.46. The molecule has 0 N–H and O–H groups in total. The first-order chi connectivity index (χ1) is 19.1. The van der Waals surface area contributed by atoms with Gasteiger partial charge in [-0.15, -0.1) is 0 Å². The molecule has 0 saturated carbocycles. The van der Waals surface area contributed by atoms with Crippen molar-refractivity contribution in [2.75, 3.05) is 6.61 Å². The predicted molar refractivity (Wildman–Crippen MR) is 136 cm³/mol. The van der Waals surface area contributed by atoms with Gasteiger partial charge in [-0.2, -0.15) is 10.4 Å². The Labute approximate surface area is 229 Å². The molecular weight excluding hydrogens is 543 g/mol. The second-order valence-electron chi connectivity index (χ2n) is 9.59. The topological polar surface area (TPSA) is 161 Å². The van der Waals surface area contributed by atoms with E-state index in [1.807, 2.05) is 0 Å². The first kappa shape index (κ1) is 27.9. The number of nitriles is 1. The van der Waals surface area contributed by atoms with Crippen molar-refractivity contribution in [2.24, 2.45) is 0 Å². The maximum Gasteiger partial charge on any atom is 0.475 e. The van der Waals surface area contributed by atoms with Gasteiger partial charge in [0.1, 0.15) is 24.6 Å².